The number of nitrogens with one attached hydrogen (secondary N) is 1. The van der Waals surface area contributed by atoms with Gasteiger partial charge in [0.15, 0.2) is 11.0 Å². The zero-order valence-corrected chi connectivity index (χ0v) is 20.0. The van der Waals surface area contributed by atoms with E-state index >= 15 is 0 Å². The number of hydrogen-bond donors (Lipinski definition) is 1. The molecule has 0 fully saturated rings. The number of benzene rings is 2. The van der Waals surface area contributed by atoms with Crippen molar-refractivity contribution in [3.05, 3.63) is 77.2 Å². The van der Waals surface area contributed by atoms with Crippen molar-refractivity contribution in [1.29, 1.82) is 0 Å². The number of nitrogens with zero attached hydrogens (tertiary/aromatic N) is 3. The van der Waals surface area contributed by atoms with Gasteiger partial charge in [-0.05, 0) is 60.5 Å². The summed E-state index contributed by atoms with van der Waals surface area (Å²) < 4.78 is 2.02. The van der Waals surface area contributed by atoms with Crippen LogP contribution < -0.4 is 5.32 Å². The Hall–Kier alpha value is -2.90. The van der Waals surface area contributed by atoms with Crippen LogP contribution in [0.15, 0.2) is 71.2 Å². The highest BCUT2D eigenvalue weighted by atomic mass is 32.2. The molecule has 1 unspecified atom stereocenters. The van der Waals surface area contributed by atoms with E-state index in [9.17, 15) is 4.79 Å². The van der Waals surface area contributed by atoms with E-state index in [0.717, 1.165) is 28.5 Å². The van der Waals surface area contributed by atoms with Crippen LogP contribution in [0.1, 0.15) is 37.3 Å². The molecule has 2 aromatic carbocycles. The summed E-state index contributed by atoms with van der Waals surface area (Å²) >= 11 is 3.01. The van der Waals surface area contributed by atoms with Crippen molar-refractivity contribution >= 4 is 34.7 Å². The summed E-state index contributed by atoms with van der Waals surface area (Å²) in [5, 5.41) is 14.5. The van der Waals surface area contributed by atoms with E-state index in [0.29, 0.717) is 11.1 Å². The molecule has 32 heavy (non-hydrogen) atoms. The number of carbonyl (C=O) groups is 1. The molecule has 0 radical (unpaired) electrons. The number of amides is 1. The normalized spacial score (nSPS) is 12.0. The summed E-state index contributed by atoms with van der Waals surface area (Å²) in [7, 11) is 0. The lowest BCUT2D eigenvalue weighted by molar-refractivity contribution is -0.113. The Kier molecular flexibility index (Phi) is 7.07. The van der Waals surface area contributed by atoms with Gasteiger partial charge in [-0.3, -0.25) is 9.36 Å². The molecule has 0 bridgehead atoms. The van der Waals surface area contributed by atoms with Gasteiger partial charge in [0.25, 0.3) is 0 Å². The summed E-state index contributed by atoms with van der Waals surface area (Å²) in [6.45, 7) is 6.45. The Bertz CT molecular complexity index is 1170. The zero-order chi connectivity index (χ0) is 22.5. The molecule has 1 amide bonds. The number of carbonyl (C=O) groups excluding carboxylic acids is 1. The monoisotopic (exact) mass is 462 g/mol. The van der Waals surface area contributed by atoms with Crippen LogP contribution in [0.2, 0.25) is 0 Å². The molecule has 4 aromatic rings. The third-order valence-corrected chi connectivity index (χ3v) is 7.17. The van der Waals surface area contributed by atoms with Crippen molar-refractivity contribution in [2.45, 2.75) is 38.3 Å². The molecule has 0 spiro atoms. The van der Waals surface area contributed by atoms with E-state index in [1.165, 1.54) is 22.9 Å². The molecule has 2 heterocycles. The third kappa shape index (κ3) is 5.11. The predicted octanol–water partition coefficient (Wildman–Crippen LogP) is 6.55. The minimum absolute atomic E-state index is 0.0672. The second-order valence-corrected chi connectivity index (χ2v) is 9.61. The molecule has 0 saturated carbocycles. The fourth-order valence-electron chi connectivity index (χ4n) is 3.31. The lowest BCUT2D eigenvalue weighted by atomic mass is 9.99. The van der Waals surface area contributed by atoms with Gasteiger partial charge >= 0.3 is 0 Å². The van der Waals surface area contributed by atoms with Crippen LogP contribution in [0.5, 0.6) is 0 Å². The van der Waals surface area contributed by atoms with Gasteiger partial charge in [0.1, 0.15) is 0 Å². The molecule has 5 nitrogen and oxygen atoms in total. The average Bonchev–Trinajstić information content (AvgIpc) is 3.48. The molecular formula is C25H26N4OS2. The Labute approximate surface area is 196 Å². The SMILES string of the molecule is CCC(C)c1ccc(NC(=O)CSc2nnc(-c3cccs3)n2-c2ccc(C)cc2)cc1. The Morgan fingerprint density at radius 3 is 2.50 bits per heavy atom. The quantitative estimate of drug-likeness (QED) is 0.302. The number of aromatic nitrogens is 3. The van der Waals surface area contributed by atoms with Crippen molar-refractivity contribution in [1.82, 2.24) is 14.8 Å². The van der Waals surface area contributed by atoms with E-state index in [-0.39, 0.29) is 11.7 Å². The molecule has 7 heteroatoms. The first kappa shape index (κ1) is 22.3. The maximum Gasteiger partial charge on any atom is 0.234 e. The Balaban J connectivity index is 1.49. The van der Waals surface area contributed by atoms with Crippen LogP contribution in [0, 0.1) is 6.92 Å². The second kappa shape index (κ2) is 10.1. The van der Waals surface area contributed by atoms with Gasteiger partial charge in [-0.25, -0.2) is 0 Å². The van der Waals surface area contributed by atoms with E-state index < -0.39 is 0 Å². The molecule has 4 rings (SSSR count). The first-order valence-electron chi connectivity index (χ1n) is 10.6. The predicted molar refractivity (Wildman–Crippen MR) is 134 cm³/mol. The lowest BCUT2D eigenvalue weighted by Crippen LogP contribution is -2.14. The van der Waals surface area contributed by atoms with Crippen LogP contribution in [0.4, 0.5) is 5.69 Å². The number of hydrogen-bond acceptors (Lipinski definition) is 5. The fourth-order valence-corrected chi connectivity index (χ4v) is 4.76. The van der Waals surface area contributed by atoms with Crippen LogP contribution in [0.3, 0.4) is 0 Å². The lowest BCUT2D eigenvalue weighted by Gasteiger charge is -2.11. The largest absolute Gasteiger partial charge is 0.325 e. The maximum absolute atomic E-state index is 12.6. The first-order valence-corrected chi connectivity index (χ1v) is 12.5. The number of thioether (sulfide) groups is 1. The van der Waals surface area contributed by atoms with Crippen molar-refractivity contribution < 1.29 is 4.79 Å². The molecular weight excluding hydrogens is 436 g/mol. The van der Waals surface area contributed by atoms with Gasteiger partial charge in [-0.2, -0.15) is 0 Å². The topological polar surface area (TPSA) is 59.8 Å². The third-order valence-electron chi connectivity index (χ3n) is 5.38. The number of anilines is 1. The van der Waals surface area contributed by atoms with Gasteiger partial charge in [-0.1, -0.05) is 61.5 Å². The highest BCUT2D eigenvalue weighted by Crippen LogP contribution is 2.30. The van der Waals surface area contributed by atoms with Crippen LogP contribution in [-0.2, 0) is 4.79 Å². The standard InChI is InChI=1S/C25H26N4OS2/c1-4-18(3)19-9-11-20(12-10-19)26-23(30)16-32-25-28-27-24(22-6-5-15-31-22)29(25)21-13-7-17(2)8-14-21/h5-15,18H,4,16H2,1-3H3,(H,26,30). The minimum Gasteiger partial charge on any atom is -0.325 e. The summed E-state index contributed by atoms with van der Waals surface area (Å²) in [6.07, 6.45) is 1.09. The zero-order valence-electron chi connectivity index (χ0n) is 18.4. The van der Waals surface area contributed by atoms with Crippen LogP contribution in [-0.4, -0.2) is 26.4 Å². The second-order valence-electron chi connectivity index (χ2n) is 7.72. The highest BCUT2D eigenvalue weighted by Gasteiger charge is 2.18. The smallest absolute Gasteiger partial charge is 0.234 e. The summed E-state index contributed by atoms with van der Waals surface area (Å²) in [4.78, 5) is 13.6. The molecule has 1 N–H and O–H groups in total. The van der Waals surface area contributed by atoms with E-state index in [2.05, 4.69) is 72.7 Å². The van der Waals surface area contributed by atoms with Crippen LogP contribution >= 0.6 is 23.1 Å². The molecule has 0 aliphatic rings. The molecule has 0 aliphatic heterocycles. The van der Waals surface area contributed by atoms with Crippen molar-refractivity contribution in [3.8, 4) is 16.4 Å². The van der Waals surface area contributed by atoms with Crippen LogP contribution in [0.25, 0.3) is 16.4 Å². The van der Waals surface area contributed by atoms with Gasteiger partial charge in [0.05, 0.1) is 10.6 Å². The first-order chi connectivity index (χ1) is 15.5. The van der Waals surface area contributed by atoms with E-state index in [1.807, 2.05) is 34.2 Å². The van der Waals surface area contributed by atoms with Crippen molar-refractivity contribution in [3.63, 3.8) is 0 Å². The molecule has 164 valence electrons. The van der Waals surface area contributed by atoms with Gasteiger partial charge in [0.2, 0.25) is 5.91 Å². The van der Waals surface area contributed by atoms with Gasteiger partial charge < -0.3 is 5.32 Å². The molecule has 1 atom stereocenters. The average molecular weight is 463 g/mol. The number of thiophene rings is 1. The van der Waals surface area contributed by atoms with E-state index in [4.69, 9.17) is 0 Å². The molecule has 0 saturated heterocycles. The van der Waals surface area contributed by atoms with E-state index in [1.54, 1.807) is 11.3 Å². The maximum atomic E-state index is 12.6. The summed E-state index contributed by atoms with van der Waals surface area (Å²) in [5.41, 5.74) is 4.26. The summed E-state index contributed by atoms with van der Waals surface area (Å²) in [6, 6.07) is 20.4. The van der Waals surface area contributed by atoms with Crippen molar-refractivity contribution in [2.24, 2.45) is 0 Å². The number of aryl methyl sites for hydroxylation is 1. The van der Waals surface area contributed by atoms with Crippen molar-refractivity contribution in [2.75, 3.05) is 11.1 Å². The molecule has 2 aromatic heterocycles. The fraction of sp³-hybridized carbons (Fsp3) is 0.240. The Morgan fingerprint density at radius 1 is 1.09 bits per heavy atom. The van der Waals surface area contributed by atoms with Gasteiger partial charge in [-0.15, -0.1) is 21.5 Å². The minimum atomic E-state index is -0.0672. The van der Waals surface area contributed by atoms with Gasteiger partial charge in [0, 0.05) is 11.4 Å². The number of rotatable bonds is 8. The molecule has 0 aliphatic carbocycles. The highest BCUT2D eigenvalue weighted by molar-refractivity contribution is 7.99. The Morgan fingerprint density at radius 2 is 1.84 bits per heavy atom. The summed E-state index contributed by atoms with van der Waals surface area (Å²) in [5.74, 6) is 1.48.